The van der Waals surface area contributed by atoms with Crippen LogP contribution in [-0.4, -0.2) is 53.0 Å². The van der Waals surface area contributed by atoms with Crippen LogP contribution in [0.1, 0.15) is 22.6 Å². The number of hydrogen-bond acceptors (Lipinski definition) is 9. The van der Waals surface area contributed by atoms with Crippen molar-refractivity contribution in [2.24, 2.45) is 5.73 Å². The maximum Gasteiger partial charge on any atom is 0.278 e. The number of anilines is 2. The zero-order valence-electron chi connectivity index (χ0n) is 15.8. The molecule has 0 saturated heterocycles. The fourth-order valence-corrected chi connectivity index (χ4v) is 2.20. The van der Waals surface area contributed by atoms with E-state index in [2.05, 4.69) is 25.6 Å². The summed E-state index contributed by atoms with van der Waals surface area (Å²) in [6.07, 6.45) is 3.19. The number of aryl methyl sites for hydroxylation is 1. The molecule has 0 radical (unpaired) electrons. The highest BCUT2D eigenvalue weighted by Crippen LogP contribution is 2.15. The summed E-state index contributed by atoms with van der Waals surface area (Å²) in [7, 11) is 1.54. The van der Waals surface area contributed by atoms with Crippen molar-refractivity contribution in [3.63, 3.8) is 0 Å². The minimum Gasteiger partial charge on any atom is -0.474 e. The highest BCUT2D eigenvalue weighted by Gasteiger charge is 2.15. The molecule has 0 spiro atoms. The summed E-state index contributed by atoms with van der Waals surface area (Å²) in [5, 5.41) is 11.9. The number of amides is 2. The Balaban J connectivity index is 1.98. The molecule has 0 atom stereocenters. The molecule has 29 heavy (non-hydrogen) atoms. The first kappa shape index (κ1) is 21.5. The fourth-order valence-electron chi connectivity index (χ4n) is 2.20. The predicted octanol–water partition coefficient (Wildman–Crippen LogP) is -0.326. The zero-order chi connectivity index (χ0) is 21.2. The molecule has 0 unspecified atom stereocenters. The molecule has 2 rings (SSSR count). The maximum atomic E-state index is 12.4. The van der Waals surface area contributed by atoms with Gasteiger partial charge in [0.05, 0.1) is 12.8 Å². The van der Waals surface area contributed by atoms with Gasteiger partial charge in [0, 0.05) is 31.1 Å². The summed E-state index contributed by atoms with van der Waals surface area (Å²) >= 11 is 0. The minimum absolute atomic E-state index is 0.0525. The van der Waals surface area contributed by atoms with E-state index in [0.29, 0.717) is 24.4 Å². The van der Waals surface area contributed by atoms with E-state index in [4.69, 9.17) is 26.4 Å². The first-order valence-corrected chi connectivity index (χ1v) is 8.53. The second kappa shape index (κ2) is 10.5. The molecule has 7 N–H and O–H groups in total. The monoisotopic (exact) mass is 402 g/mol. The van der Waals surface area contributed by atoms with Crippen molar-refractivity contribution < 1.29 is 19.1 Å². The smallest absolute Gasteiger partial charge is 0.278 e. The number of aromatic nitrogens is 3. The third-order valence-corrected chi connectivity index (χ3v) is 3.49. The molecule has 12 heteroatoms. The van der Waals surface area contributed by atoms with Gasteiger partial charge in [-0.3, -0.25) is 25.3 Å². The number of hydrogen-bond donors (Lipinski definition) is 5. The number of carbonyl (C=O) groups excluding carboxylic acids is 2. The van der Waals surface area contributed by atoms with Gasteiger partial charge in [-0.2, -0.15) is 4.98 Å². The van der Waals surface area contributed by atoms with Gasteiger partial charge in [-0.15, -0.1) is 0 Å². The van der Waals surface area contributed by atoms with Crippen molar-refractivity contribution in [2.45, 2.75) is 12.8 Å². The molecule has 0 bridgehead atoms. The van der Waals surface area contributed by atoms with E-state index >= 15 is 0 Å². The molecule has 2 aromatic heterocycles. The average molecular weight is 402 g/mol. The molecule has 2 heterocycles. The Hall–Kier alpha value is -3.80. The van der Waals surface area contributed by atoms with E-state index in [1.807, 2.05) is 0 Å². The highest BCUT2D eigenvalue weighted by atomic mass is 16.5. The van der Waals surface area contributed by atoms with Crippen LogP contribution in [0, 0.1) is 5.41 Å². The number of ether oxygens (including phenoxy) is 2. The van der Waals surface area contributed by atoms with Crippen LogP contribution >= 0.6 is 0 Å². The number of nitrogens with zero attached hydrogens (tertiary/aromatic N) is 3. The van der Waals surface area contributed by atoms with Crippen molar-refractivity contribution >= 4 is 29.3 Å². The van der Waals surface area contributed by atoms with E-state index < -0.39 is 17.8 Å². The number of nitrogens with two attached hydrogens (primary N) is 2. The molecule has 0 fully saturated rings. The SMILES string of the molecule is COCCOc1cnc(C(=O)Nc2ccnc(CCC(=O)NC(=N)N)c2)c(N)n1. The van der Waals surface area contributed by atoms with Crippen LogP contribution in [0.2, 0.25) is 0 Å². The highest BCUT2D eigenvalue weighted by molar-refractivity contribution is 6.05. The van der Waals surface area contributed by atoms with Gasteiger partial charge in [-0.25, -0.2) is 4.98 Å². The number of nitrogens with one attached hydrogen (secondary N) is 3. The van der Waals surface area contributed by atoms with E-state index in [1.165, 1.54) is 12.4 Å². The number of methoxy groups -OCH3 is 1. The number of rotatable bonds is 9. The van der Waals surface area contributed by atoms with Crippen molar-refractivity contribution in [1.82, 2.24) is 20.3 Å². The molecule has 0 aliphatic carbocycles. The van der Waals surface area contributed by atoms with Gasteiger partial charge in [0.2, 0.25) is 11.8 Å². The number of nitrogen functional groups attached to an aromatic ring is 1. The standard InChI is InChI=1S/C17H22N8O4/c1-28-6-7-29-13-9-22-14(15(18)25-13)16(27)23-11-4-5-21-10(8-11)2-3-12(26)24-17(19)20/h4-5,8-9H,2-3,6-7H2,1H3,(H2,18,25)(H,21,23,27)(H4,19,20,24,26). The number of pyridine rings is 1. The fraction of sp³-hybridized carbons (Fsp3) is 0.294. The van der Waals surface area contributed by atoms with E-state index in [9.17, 15) is 9.59 Å². The van der Waals surface area contributed by atoms with Gasteiger partial charge in [-0.05, 0) is 18.6 Å². The molecule has 0 aromatic carbocycles. The van der Waals surface area contributed by atoms with E-state index in [0.717, 1.165) is 0 Å². The minimum atomic E-state index is -0.551. The first-order valence-electron chi connectivity index (χ1n) is 8.53. The Morgan fingerprint density at radius 2 is 2.07 bits per heavy atom. The lowest BCUT2D eigenvalue weighted by molar-refractivity contribution is -0.119. The number of guanidine groups is 1. The van der Waals surface area contributed by atoms with Crippen LogP contribution in [0.25, 0.3) is 0 Å². The largest absolute Gasteiger partial charge is 0.474 e. The Morgan fingerprint density at radius 3 is 2.76 bits per heavy atom. The van der Waals surface area contributed by atoms with Crippen molar-refractivity contribution in [1.29, 1.82) is 5.41 Å². The van der Waals surface area contributed by atoms with Gasteiger partial charge in [0.15, 0.2) is 17.5 Å². The normalized spacial score (nSPS) is 10.2. The Bertz CT molecular complexity index is 889. The third kappa shape index (κ3) is 7.03. The molecule has 0 aliphatic heterocycles. The van der Waals surface area contributed by atoms with Gasteiger partial charge in [-0.1, -0.05) is 0 Å². The molecule has 0 saturated carbocycles. The summed E-state index contributed by atoms with van der Waals surface area (Å²) in [6.45, 7) is 0.658. The van der Waals surface area contributed by atoms with Crippen molar-refractivity contribution in [3.05, 3.63) is 35.9 Å². The quantitative estimate of drug-likeness (QED) is 0.212. The van der Waals surface area contributed by atoms with Crippen LogP contribution in [-0.2, 0) is 16.0 Å². The molecular weight excluding hydrogens is 380 g/mol. The van der Waals surface area contributed by atoms with Crippen molar-refractivity contribution in [2.75, 3.05) is 31.4 Å². The summed E-state index contributed by atoms with van der Waals surface area (Å²) in [4.78, 5) is 36.1. The Labute approximate surface area is 166 Å². The Kier molecular flexibility index (Phi) is 7.79. The van der Waals surface area contributed by atoms with Gasteiger partial charge in [0.1, 0.15) is 6.61 Å². The lowest BCUT2D eigenvalue weighted by Gasteiger charge is -2.09. The van der Waals surface area contributed by atoms with E-state index in [1.54, 1.807) is 19.2 Å². The maximum absolute atomic E-state index is 12.4. The average Bonchev–Trinajstić information content (AvgIpc) is 2.66. The first-order chi connectivity index (χ1) is 13.9. The van der Waals surface area contributed by atoms with E-state index in [-0.39, 0.29) is 30.4 Å². The molecular formula is C17H22N8O4. The lowest BCUT2D eigenvalue weighted by atomic mass is 10.2. The summed E-state index contributed by atoms with van der Waals surface area (Å²) in [5.41, 5.74) is 11.9. The van der Waals surface area contributed by atoms with Crippen LogP contribution in [0.15, 0.2) is 24.5 Å². The predicted molar refractivity (Wildman–Crippen MR) is 104 cm³/mol. The molecule has 12 nitrogen and oxygen atoms in total. The third-order valence-electron chi connectivity index (χ3n) is 3.49. The number of carbonyl (C=O) groups is 2. The Morgan fingerprint density at radius 1 is 1.28 bits per heavy atom. The van der Waals surface area contributed by atoms with Crippen LogP contribution in [0.5, 0.6) is 5.88 Å². The van der Waals surface area contributed by atoms with Gasteiger partial charge in [0.25, 0.3) is 5.91 Å². The summed E-state index contributed by atoms with van der Waals surface area (Å²) in [6, 6.07) is 3.20. The molecule has 0 aliphatic rings. The topological polar surface area (TPSA) is 191 Å². The lowest BCUT2D eigenvalue weighted by Crippen LogP contribution is -2.35. The molecule has 154 valence electrons. The molecule has 2 aromatic rings. The second-order valence-corrected chi connectivity index (χ2v) is 5.74. The zero-order valence-corrected chi connectivity index (χ0v) is 15.8. The summed E-state index contributed by atoms with van der Waals surface area (Å²) < 4.78 is 10.2. The van der Waals surface area contributed by atoms with Crippen LogP contribution in [0.4, 0.5) is 11.5 Å². The summed E-state index contributed by atoms with van der Waals surface area (Å²) in [5.74, 6) is -1.26. The molecule has 2 amide bonds. The van der Waals surface area contributed by atoms with Gasteiger partial charge >= 0.3 is 0 Å². The second-order valence-electron chi connectivity index (χ2n) is 5.74. The van der Waals surface area contributed by atoms with Crippen molar-refractivity contribution in [3.8, 4) is 5.88 Å². The van der Waals surface area contributed by atoms with Crippen LogP contribution < -0.4 is 26.8 Å². The van der Waals surface area contributed by atoms with Crippen LogP contribution in [0.3, 0.4) is 0 Å². The van der Waals surface area contributed by atoms with Gasteiger partial charge < -0.3 is 26.3 Å².